The molecule has 0 atom stereocenters. The number of hydrogen-bond donors (Lipinski definition) is 1. The van der Waals surface area contributed by atoms with Gasteiger partial charge in [0.2, 0.25) is 5.95 Å². The lowest BCUT2D eigenvalue weighted by Gasteiger charge is -2.31. The Kier molecular flexibility index (Phi) is 4.31. The molecule has 1 N–H and O–H groups in total. The predicted molar refractivity (Wildman–Crippen MR) is 72.5 cm³/mol. The Morgan fingerprint density at radius 2 is 2.00 bits per heavy atom. The summed E-state index contributed by atoms with van der Waals surface area (Å²) >= 11 is 0. The van der Waals surface area contributed by atoms with Gasteiger partial charge in [-0.25, -0.2) is 14.8 Å². The Morgan fingerprint density at radius 1 is 1.42 bits per heavy atom. The summed E-state index contributed by atoms with van der Waals surface area (Å²) in [6.45, 7) is 3.19. The maximum absolute atomic E-state index is 10.7. The number of aromatic carboxylic acids is 1. The van der Waals surface area contributed by atoms with E-state index in [1.54, 1.807) is 0 Å². The van der Waals surface area contributed by atoms with Crippen molar-refractivity contribution in [2.75, 3.05) is 38.6 Å². The topological polar surface area (TPSA) is 69.6 Å². The molecule has 1 fully saturated rings. The third-order valence-electron chi connectivity index (χ3n) is 3.60. The fraction of sp³-hybridized carbons (Fsp3) is 0.615. The molecule has 0 amide bonds. The fourth-order valence-corrected chi connectivity index (χ4v) is 2.34. The first-order valence-corrected chi connectivity index (χ1v) is 6.51. The van der Waals surface area contributed by atoms with Gasteiger partial charge in [-0.3, -0.25) is 0 Å². The molecule has 1 aliphatic heterocycles. The minimum Gasteiger partial charge on any atom is -0.478 e. The van der Waals surface area contributed by atoms with Crippen LogP contribution >= 0.6 is 0 Å². The molecular formula is C13H20N4O2. The van der Waals surface area contributed by atoms with Crippen molar-refractivity contribution in [1.29, 1.82) is 0 Å². The largest absolute Gasteiger partial charge is 0.478 e. The quantitative estimate of drug-likeness (QED) is 0.873. The normalized spacial score (nSPS) is 17.4. The SMILES string of the molecule is CN1CCC(CN(C)c2ncc(C(=O)O)cn2)CC1. The van der Waals surface area contributed by atoms with E-state index in [9.17, 15) is 4.79 Å². The van der Waals surface area contributed by atoms with Crippen molar-refractivity contribution in [3.05, 3.63) is 18.0 Å². The maximum atomic E-state index is 10.7. The van der Waals surface area contributed by atoms with Gasteiger partial charge in [-0.2, -0.15) is 0 Å². The van der Waals surface area contributed by atoms with E-state index in [-0.39, 0.29) is 5.56 Å². The first-order chi connectivity index (χ1) is 9.06. The van der Waals surface area contributed by atoms with Crippen LogP contribution in [0.4, 0.5) is 5.95 Å². The molecule has 6 nitrogen and oxygen atoms in total. The summed E-state index contributed by atoms with van der Waals surface area (Å²) in [6, 6.07) is 0. The predicted octanol–water partition coefficient (Wildman–Crippen LogP) is 0.953. The Morgan fingerprint density at radius 3 is 2.53 bits per heavy atom. The summed E-state index contributed by atoms with van der Waals surface area (Å²) in [5, 5.41) is 8.80. The molecule has 1 aromatic heterocycles. The lowest BCUT2D eigenvalue weighted by atomic mass is 9.97. The summed E-state index contributed by atoms with van der Waals surface area (Å²) in [5.74, 6) is 0.248. The molecular weight excluding hydrogens is 244 g/mol. The highest BCUT2D eigenvalue weighted by Crippen LogP contribution is 2.18. The fourth-order valence-electron chi connectivity index (χ4n) is 2.34. The third kappa shape index (κ3) is 3.64. The van der Waals surface area contributed by atoms with Crippen molar-refractivity contribution in [2.45, 2.75) is 12.8 Å². The lowest BCUT2D eigenvalue weighted by Crippen LogP contribution is -2.36. The van der Waals surface area contributed by atoms with Crippen LogP contribution in [0, 0.1) is 5.92 Å². The van der Waals surface area contributed by atoms with Crippen molar-refractivity contribution in [2.24, 2.45) is 5.92 Å². The lowest BCUT2D eigenvalue weighted by molar-refractivity contribution is 0.0696. The highest BCUT2D eigenvalue weighted by Gasteiger charge is 2.19. The number of hydrogen-bond acceptors (Lipinski definition) is 5. The Labute approximate surface area is 113 Å². The van der Waals surface area contributed by atoms with E-state index in [0.717, 1.165) is 19.6 Å². The summed E-state index contributed by atoms with van der Waals surface area (Å²) in [4.78, 5) is 23.3. The maximum Gasteiger partial charge on any atom is 0.338 e. The number of aromatic nitrogens is 2. The molecule has 0 aromatic carbocycles. The van der Waals surface area contributed by atoms with Crippen LogP contribution in [0.3, 0.4) is 0 Å². The minimum atomic E-state index is -0.996. The Bertz CT molecular complexity index is 427. The van der Waals surface area contributed by atoms with Crippen molar-refractivity contribution in [3.8, 4) is 0 Å². The molecule has 1 aromatic rings. The second-order valence-corrected chi connectivity index (χ2v) is 5.20. The molecule has 1 saturated heterocycles. The number of likely N-dealkylation sites (tertiary alicyclic amines) is 1. The van der Waals surface area contributed by atoms with Gasteiger partial charge in [0.1, 0.15) is 0 Å². The van der Waals surface area contributed by atoms with E-state index in [2.05, 4.69) is 21.9 Å². The first-order valence-electron chi connectivity index (χ1n) is 6.51. The van der Waals surface area contributed by atoms with Crippen molar-refractivity contribution in [3.63, 3.8) is 0 Å². The summed E-state index contributed by atoms with van der Waals surface area (Å²) in [5.41, 5.74) is 0.122. The highest BCUT2D eigenvalue weighted by atomic mass is 16.4. The van der Waals surface area contributed by atoms with E-state index in [1.807, 2.05) is 11.9 Å². The van der Waals surface area contributed by atoms with Gasteiger partial charge in [0, 0.05) is 26.0 Å². The van der Waals surface area contributed by atoms with Gasteiger partial charge in [-0.05, 0) is 38.9 Å². The zero-order valence-electron chi connectivity index (χ0n) is 11.4. The van der Waals surface area contributed by atoms with E-state index in [0.29, 0.717) is 11.9 Å². The van der Waals surface area contributed by atoms with Gasteiger partial charge in [-0.1, -0.05) is 0 Å². The second kappa shape index (κ2) is 5.97. The van der Waals surface area contributed by atoms with Crippen molar-refractivity contribution in [1.82, 2.24) is 14.9 Å². The van der Waals surface area contributed by atoms with Gasteiger partial charge in [0.15, 0.2) is 0 Å². The van der Waals surface area contributed by atoms with Gasteiger partial charge < -0.3 is 14.9 Å². The minimum absolute atomic E-state index is 0.122. The smallest absolute Gasteiger partial charge is 0.338 e. The summed E-state index contributed by atoms with van der Waals surface area (Å²) in [6.07, 6.45) is 5.09. The molecule has 0 spiro atoms. The monoisotopic (exact) mass is 264 g/mol. The summed E-state index contributed by atoms with van der Waals surface area (Å²) in [7, 11) is 4.10. The van der Waals surface area contributed by atoms with Crippen LogP contribution in [-0.4, -0.2) is 59.7 Å². The second-order valence-electron chi connectivity index (χ2n) is 5.20. The van der Waals surface area contributed by atoms with Crippen LogP contribution in [0.1, 0.15) is 23.2 Å². The van der Waals surface area contributed by atoms with E-state index in [4.69, 9.17) is 5.11 Å². The van der Waals surface area contributed by atoms with Crippen LogP contribution < -0.4 is 4.90 Å². The molecule has 19 heavy (non-hydrogen) atoms. The first kappa shape index (κ1) is 13.7. The average Bonchev–Trinajstić information content (AvgIpc) is 2.41. The molecule has 0 aliphatic carbocycles. The number of rotatable bonds is 4. The molecule has 0 bridgehead atoms. The standard InChI is InChI=1S/C13H20N4O2/c1-16-5-3-10(4-6-16)9-17(2)13-14-7-11(8-15-13)12(18)19/h7-8,10H,3-6,9H2,1-2H3,(H,18,19). The highest BCUT2D eigenvalue weighted by molar-refractivity contribution is 5.86. The van der Waals surface area contributed by atoms with Crippen LogP contribution in [0.15, 0.2) is 12.4 Å². The van der Waals surface area contributed by atoms with Crippen LogP contribution in [0.25, 0.3) is 0 Å². The average molecular weight is 264 g/mol. The van der Waals surface area contributed by atoms with E-state index in [1.165, 1.54) is 25.2 Å². The van der Waals surface area contributed by atoms with Gasteiger partial charge >= 0.3 is 5.97 Å². The molecule has 0 saturated carbocycles. The molecule has 6 heteroatoms. The van der Waals surface area contributed by atoms with Crippen LogP contribution in [-0.2, 0) is 0 Å². The molecule has 0 unspecified atom stereocenters. The number of carbonyl (C=O) groups is 1. The number of piperidine rings is 1. The van der Waals surface area contributed by atoms with Crippen LogP contribution in [0.2, 0.25) is 0 Å². The number of nitrogens with zero attached hydrogens (tertiary/aromatic N) is 4. The Balaban J connectivity index is 1.92. The molecule has 1 aliphatic rings. The number of carboxylic acid groups (broad SMARTS) is 1. The third-order valence-corrected chi connectivity index (χ3v) is 3.60. The zero-order chi connectivity index (χ0) is 13.8. The zero-order valence-corrected chi connectivity index (χ0v) is 11.4. The Hall–Kier alpha value is -1.69. The van der Waals surface area contributed by atoms with Crippen molar-refractivity contribution >= 4 is 11.9 Å². The summed E-state index contributed by atoms with van der Waals surface area (Å²) < 4.78 is 0. The molecule has 0 radical (unpaired) electrons. The van der Waals surface area contributed by atoms with Gasteiger partial charge in [-0.15, -0.1) is 0 Å². The van der Waals surface area contributed by atoms with E-state index < -0.39 is 5.97 Å². The molecule has 104 valence electrons. The van der Waals surface area contributed by atoms with Gasteiger partial charge in [0.25, 0.3) is 0 Å². The molecule has 2 heterocycles. The van der Waals surface area contributed by atoms with Crippen molar-refractivity contribution < 1.29 is 9.90 Å². The van der Waals surface area contributed by atoms with Gasteiger partial charge in [0.05, 0.1) is 5.56 Å². The number of carboxylic acids is 1. The number of anilines is 1. The van der Waals surface area contributed by atoms with E-state index >= 15 is 0 Å². The van der Waals surface area contributed by atoms with Crippen LogP contribution in [0.5, 0.6) is 0 Å². The molecule has 2 rings (SSSR count).